The molecule has 0 bridgehead atoms. The summed E-state index contributed by atoms with van der Waals surface area (Å²) in [6.45, 7) is 3.16. The van der Waals surface area contributed by atoms with E-state index in [1.807, 2.05) is 24.3 Å². The summed E-state index contributed by atoms with van der Waals surface area (Å²) < 4.78 is 2.66. The number of carbonyl (C=O) groups excluding carboxylic acids is 2. The molecule has 2 nitrogen and oxygen atoms in total. The van der Waals surface area contributed by atoms with Gasteiger partial charge in [-0.15, -0.1) is 0 Å². The van der Waals surface area contributed by atoms with Gasteiger partial charge in [-0.1, -0.05) is 0 Å². The zero-order valence-electron chi connectivity index (χ0n) is 11.8. The van der Waals surface area contributed by atoms with Crippen LogP contribution < -0.4 is 7.22 Å². The third-order valence-corrected chi connectivity index (χ3v) is 8.82. The molecule has 3 heteroatoms. The van der Waals surface area contributed by atoms with Crippen LogP contribution >= 0.6 is 0 Å². The molecular formula is C17H17O2Te+. The van der Waals surface area contributed by atoms with E-state index in [0.717, 1.165) is 11.1 Å². The van der Waals surface area contributed by atoms with Crippen LogP contribution in [0.4, 0.5) is 0 Å². The average molecular weight is 381 g/mol. The molecule has 0 fully saturated rings. The zero-order chi connectivity index (χ0) is 14.7. The van der Waals surface area contributed by atoms with Crippen LogP contribution in [0.15, 0.2) is 48.5 Å². The van der Waals surface area contributed by atoms with Crippen LogP contribution in [-0.2, 0) is 0 Å². The molecule has 2 aromatic rings. The van der Waals surface area contributed by atoms with E-state index < -0.39 is 19.6 Å². The number of Topliss-reactive ketones (excluding diaryl/α,β-unsaturated/α-hetero) is 2. The van der Waals surface area contributed by atoms with Gasteiger partial charge in [0.15, 0.2) is 0 Å². The predicted octanol–water partition coefficient (Wildman–Crippen LogP) is 2.33. The van der Waals surface area contributed by atoms with Crippen LogP contribution in [0.2, 0.25) is 4.97 Å². The fourth-order valence-corrected chi connectivity index (χ4v) is 5.81. The third-order valence-electron chi connectivity index (χ3n) is 3.23. The molecular weight excluding hydrogens is 364 g/mol. The van der Waals surface area contributed by atoms with E-state index in [1.54, 1.807) is 13.8 Å². The minimum atomic E-state index is -1.58. The Hall–Kier alpha value is -1.43. The van der Waals surface area contributed by atoms with E-state index in [-0.39, 0.29) is 11.6 Å². The summed E-state index contributed by atoms with van der Waals surface area (Å²) >= 11 is -1.58. The average Bonchev–Trinajstić information content (AvgIpc) is 2.46. The third kappa shape index (κ3) is 3.36. The number of ketones is 2. The molecule has 0 saturated carbocycles. The Bertz CT molecular complexity index is 570. The van der Waals surface area contributed by atoms with E-state index in [4.69, 9.17) is 0 Å². The Morgan fingerprint density at radius 1 is 0.700 bits per heavy atom. The Labute approximate surface area is 126 Å². The molecule has 0 spiro atoms. The molecule has 20 heavy (non-hydrogen) atoms. The normalized spacial score (nSPS) is 10.6. The molecule has 0 aromatic heterocycles. The van der Waals surface area contributed by atoms with Gasteiger partial charge >= 0.3 is 126 Å². The monoisotopic (exact) mass is 383 g/mol. The second-order valence-corrected chi connectivity index (χ2v) is 10.3. The van der Waals surface area contributed by atoms with Crippen molar-refractivity contribution in [3.05, 3.63) is 59.7 Å². The Kier molecular flexibility index (Phi) is 4.75. The predicted molar refractivity (Wildman–Crippen MR) is 83.8 cm³/mol. The summed E-state index contributed by atoms with van der Waals surface area (Å²) in [5.74, 6) is 0.195. The minimum absolute atomic E-state index is 0.0976. The van der Waals surface area contributed by atoms with Crippen LogP contribution in [0, 0.1) is 0 Å². The van der Waals surface area contributed by atoms with Crippen molar-refractivity contribution in [2.24, 2.45) is 0 Å². The Morgan fingerprint density at radius 2 is 1.00 bits per heavy atom. The van der Waals surface area contributed by atoms with Gasteiger partial charge in [0.25, 0.3) is 0 Å². The number of hydrogen-bond acceptors (Lipinski definition) is 2. The fraction of sp³-hybridized carbons (Fsp3) is 0.176. The van der Waals surface area contributed by atoms with Gasteiger partial charge in [-0.2, -0.15) is 0 Å². The van der Waals surface area contributed by atoms with E-state index in [2.05, 4.69) is 29.2 Å². The van der Waals surface area contributed by atoms with Gasteiger partial charge in [0, 0.05) is 0 Å². The van der Waals surface area contributed by atoms with Gasteiger partial charge < -0.3 is 0 Å². The summed E-state index contributed by atoms with van der Waals surface area (Å²) in [6, 6.07) is 15.9. The molecule has 102 valence electrons. The second kappa shape index (κ2) is 6.35. The van der Waals surface area contributed by atoms with Crippen LogP contribution in [0.3, 0.4) is 0 Å². The number of carbonyl (C=O) groups is 2. The van der Waals surface area contributed by atoms with Gasteiger partial charge in [0.05, 0.1) is 0 Å². The number of hydrogen-bond donors (Lipinski definition) is 0. The van der Waals surface area contributed by atoms with Crippen LogP contribution in [0.1, 0.15) is 34.6 Å². The molecule has 0 radical (unpaired) electrons. The molecule has 0 heterocycles. The first-order chi connectivity index (χ1) is 9.49. The molecule has 0 atom stereocenters. The first-order valence-corrected chi connectivity index (χ1v) is 11.0. The van der Waals surface area contributed by atoms with E-state index in [9.17, 15) is 9.59 Å². The van der Waals surface area contributed by atoms with Gasteiger partial charge in [-0.05, 0) is 0 Å². The SMILES string of the molecule is CC(=O)c1ccc([Te+](C)c2ccc(C(C)=O)cc2)cc1. The molecule has 0 aliphatic rings. The summed E-state index contributed by atoms with van der Waals surface area (Å²) in [5.41, 5.74) is 1.51. The molecule has 0 N–H and O–H groups in total. The molecule has 0 aliphatic heterocycles. The molecule has 2 rings (SSSR count). The Balaban J connectivity index is 2.24. The maximum absolute atomic E-state index is 11.3. The van der Waals surface area contributed by atoms with Crippen molar-refractivity contribution in [1.82, 2.24) is 0 Å². The van der Waals surface area contributed by atoms with Gasteiger partial charge in [0.2, 0.25) is 0 Å². The fourth-order valence-electron chi connectivity index (χ4n) is 1.92. The molecule has 0 saturated heterocycles. The second-order valence-electron chi connectivity index (χ2n) is 4.67. The van der Waals surface area contributed by atoms with Gasteiger partial charge in [0.1, 0.15) is 0 Å². The van der Waals surface area contributed by atoms with Crippen molar-refractivity contribution in [2.45, 2.75) is 18.8 Å². The maximum atomic E-state index is 11.3. The van der Waals surface area contributed by atoms with Crippen molar-refractivity contribution in [2.75, 3.05) is 0 Å². The summed E-state index contributed by atoms with van der Waals surface area (Å²) in [4.78, 5) is 24.8. The van der Waals surface area contributed by atoms with Crippen molar-refractivity contribution >= 4 is 38.3 Å². The molecule has 0 amide bonds. The zero-order valence-corrected chi connectivity index (χ0v) is 14.2. The van der Waals surface area contributed by atoms with Crippen molar-refractivity contribution in [3.8, 4) is 0 Å². The standard InChI is InChI=1S/C17H17O2Te/c1-12(18)14-4-8-16(9-5-14)20(3)17-10-6-15(7-11-17)13(2)19/h4-11H,1-3H3/q+1. The first kappa shape index (κ1) is 15.0. The van der Waals surface area contributed by atoms with Crippen molar-refractivity contribution in [3.63, 3.8) is 0 Å². The van der Waals surface area contributed by atoms with E-state index in [1.165, 1.54) is 7.22 Å². The van der Waals surface area contributed by atoms with Crippen molar-refractivity contribution in [1.29, 1.82) is 0 Å². The number of benzene rings is 2. The Morgan fingerprint density at radius 3 is 1.25 bits per heavy atom. The topological polar surface area (TPSA) is 34.1 Å². The summed E-state index contributed by atoms with van der Waals surface area (Å²) in [6.07, 6.45) is 0. The quantitative estimate of drug-likeness (QED) is 0.602. The van der Waals surface area contributed by atoms with E-state index in [0.29, 0.717) is 0 Å². The molecule has 0 unspecified atom stereocenters. The van der Waals surface area contributed by atoms with E-state index >= 15 is 0 Å². The summed E-state index contributed by atoms with van der Waals surface area (Å²) in [5, 5.41) is 0. The van der Waals surface area contributed by atoms with Crippen LogP contribution in [0.25, 0.3) is 0 Å². The number of rotatable bonds is 4. The first-order valence-electron chi connectivity index (χ1n) is 6.37. The van der Waals surface area contributed by atoms with Gasteiger partial charge in [-0.3, -0.25) is 0 Å². The molecule has 0 aliphatic carbocycles. The van der Waals surface area contributed by atoms with Gasteiger partial charge in [-0.25, -0.2) is 0 Å². The van der Waals surface area contributed by atoms with Crippen molar-refractivity contribution < 1.29 is 9.59 Å². The van der Waals surface area contributed by atoms with Crippen LogP contribution in [0.5, 0.6) is 0 Å². The van der Waals surface area contributed by atoms with Crippen LogP contribution in [-0.4, -0.2) is 31.1 Å². The molecule has 2 aromatic carbocycles. The summed E-state index contributed by atoms with van der Waals surface area (Å²) in [7, 11) is 0.